The van der Waals surface area contributed by atoms with Crippen molar-refractivity contribution in [3.63, 3.8) is 0 Å². The van der Waals surface area contributed by atoms with Gasteiger partial charge in [0.15, 0.2) is 11.5 Å². The number of hydrogen-bond acceptors (Lipinski definition) is 8. The summed E-state index contributed by atoms with van der Waals surface area (Å²) < 4.78 is 26.9. The molecule has 1 aliphatic rings. The van der Waals surface area contributed by atoms with E-state index in [1.54, 1.807) is 25.1 Å². The standard InChI is InChI=1S/C19H18N2O6/c1-9-7-13-15(19(22)26-9)14(11(8-20)18(21)27-13)10-5-6-12(23-2)17(25-4)16(10)24-3/h5-7,14H,21H2,1-4H3/t14-/m1/s1. The number of allylic oxidation sites excluding steroid dienone is 1. The van der Waals surface area contributed by atoms with E-state index in [1.165, 1.54) is 21.3 Å². The Morgan fingerprint density at radius 2 is 1.85 bits per heavy atom. The third-order valence-corrected chi connectivity index (χ3v) is 4.30. The van der Waals surface area contributed by atoms with Gasteiger partial charge in [0.05, 0.1) is 32.8 Å². The van der Waals surface area contributed by atoms with Crippen LogP contribution in [-0.2, 0) is 0 Å². The second-order valence-electron chi connectivity index (χ2n) is 5.77. The lowest BCUT2D eigenvalue weighted by molar-refractivity contribution is 0.320. The SMILES string of the molecule is COc1ccc([C@@H]2C(C#N)=C(N)Oc3cc(C)oc(=O)c32)c(OC)c1OC. The first kappa shape index (κ1) is 18.2. The zero-order valence-corrected chi connectivity index (χ0v) is 15.3. The van der Waals surface area contributed by atoms with Crippen LogP contribution in [-0.4, -0.2) is 21.3 Å². The normalized spacial score (nSPS) is 15.4. The van der Waals surface area contributed by atoms with E-state index in [4.69, 9.17) is 29.1 Å². The average molecular weight is 370 g/mol. The minimum atomic E-state index is -0.842. The first-order valence-electron chi connectivity index (χ1n) is 7.97. The molecular formula is C19H18N2O6. The Morgan fingerprint density at radius 3 is 2.44 bits per heavy atom. The second kappa shape index (κ2) is 6.96. The zero-order valence-electron chi connectivity index (χ0n) is 15.3. The number of nitrogens with two attached hydrogens (primary N) is 1. The Hall–Kier alpha value is -3.60. The van der Waals surface area contributed by atoms with Crippen molar-refractivity contribution in [2.75, 3.05) is 21.3 Å². The fourth-order valence-electron chi connectivity index (χ4n) is 3.18. The Bertz CT molecular complexity index is 1030. The van der Waals surface area contributed by atoms with Crippen LogP contribution in [0.5, 0.6) is 23.0 Å². The van der Waals surface area contributed by atoms with Gasteiger partial charge in [0.2, 0.25) is 11.6 Å². The monoisotopic (exact) mass is 370 g/mol. The Labute approximate surface area is 155 Å². The maximum atomic E-state index is 12.6. The van der Waals surface area contributed by atoms with Crippen LogP contribution < -0.4 is 30.3 Å². The van der Waals surface area contributed by atoms with Crippen LogP contribution in [0.4, 0.5) is 0 Å². The van der Waals surface area contributed by atoms with E-state index in [-0.39, 0.29) is 22.8 Å². The van der Waals surface area contributed by atoms with Crippen LogP contribution >= 0.6 is 0 Å². The number of nitriles is 1. The number of hydrogen-bond donors (Lipinski definition) is 1. The molecule has 0 saturated carbocycles. The van der Waals surface area contributed by atoms with Crippen molar-refractivity contribution in [3.8, 4) is 29.1 Å². The topological polar surface area (TPSA) is 117 Å². The molecule has 0 bridgehead atoms. The van der Waals surface area contributed by atoms with Crippen molar-refractivity contribution < 1.29 is 23.4 Å². The number of fused-ring (bicyclic) bond motifs is 1. The van der Waals surface area contributed by atoms with Gasteiger partial charge >= 0.3 is 5.63 Å². The first-order chi connectivity index (χ1) is 13.0. The van der Waals surface area contributed by atoms with E-state index < -0.39 is 11.5 Å². The van der Waals surface area contributed by atoms with Gasteiger partial charge in [-0.25, -0.2) is 4.79 Å². The van der Waals surface area contributed by atoms with Crippen LogP contribution in [0.3, 0.4) is 0 Å². The summed E-state index contributed by atoms with van der Waals surface area (Å²) >= 11 is 0. The molecule has 1 atom stereocenters. The molecule has 8 heteroatoms. The molecule has 3 rings (SSSR count). The van der Waals surface area contributed by atoms with Crippen molar-refractivity contribution in [3.05, 3.63) is 57.0 Å². The molecule has 0 spiro atoms. The molecule has 0 aliphatic carbocycles. The van der Waals surface area contributed by atoms with Gasteiger partial charge in [0.1, 0.15) is 23.2 Å². The van der Waals surface area contributed by atoms with Crippen LogP contribution in [0.2, 0.25) is 0 Å². The molecule has 2 N–H and O–H groups in total. The minimum Gasteiger partial charge on any atom is -0.493 e. The van der Waals surface area contributed by atoms with Crippen LogP contribution in [0.1, 0.15) is 22.8 Å². The number of nitrogens with zero attached hydrogens (tertiary/aromatic N) is 1. The average Bonchev–Trinajstić information content (AvgIpc) is 2.65. The predicted octanol–water partition coefficient (Wildman–Crippen LogP) is 2.19. The molecule has 27 heavy (non-hydrogen) atoms. The summed E-state index contributed by atoms with van der Waals surface area (Å²) in [4.78, 5) is 12.6. The van der Waals surface area contributed by atoms with Crippen LogP contribution in [0, 0.1) is 18.3 Å². The second-order valence-corrected chi connectivity index (χ2v) is 5.77. The Kier molecular flexibility index (Phi) is 4.69. The van der Waals surface area contributed by atoms with Gasteiger partial charge in [-0.05, 0) is 13.0 Å². The van der Waals surface area contributed by atoms with E-state index in [0.717, 1.165) is 0 Å². The largest absolute Gasteiger partial charge is 0.493 e. The molecule has 0 radical (unpaired) electrons. The maximum Gasteiger partial charge on any atom is 0.343 e. The third kappa shape index (κ3) is 2.83. The lowest BCUT2D eigenvalue weighted by atomic mass is 9.83. The number of rotatable bonds is 4. The van der Waals surface area contributed by atoms with E-state index in [2.05, 4.69) is 0 Å². The molecule has 0 saturated heterocycles. The van der Waals surface area contributed by atoms with E-state index in [1.807, 2.05) is 6.07 Å². The van der Waals surface area contributed by atoms with Crippen molar-refractivity contribution >= 4 is 0 Å². The summed E-state index contributed by atoms with van der Waals surface area (Å²) in [6.45, 7) is 1.62. The maximum absolute atomic E-state index is 12.6. The highest BCUT2D eigenvalue weighted by molar-refractivity contribution is 5.63. The smallest absolute Gasteiger partial charge is 0.343 e. The van der Waals surface area contributed by atoms with Gasteiger partial charge in [-0.2, -0.15) is 5.26 Å². The van der Waals surface area contributed by atoms with Gasteiger partial charge in [0.25, 0.3) is 0 Å². The number of methoxy groups -OCH3 is 3. The number of aryl methyl sites for hydroxylation is 1. The summed E-state index contributed by atoms with van der Waals surface area (Å²) in [7, 11) is 4.42. The fraction of sp³-hybridized carbons (Fsp3) is 0.263. The molecule has 1 aromatic carbocycles. The van der Waals surface area contributed by atoms with Crippen LogP contribution in [0.25, 0.3) is 0 Å². The molecule has 8 nitrogen and oxygen atoms in total. The summed E-state index contributed by atoms with van der Waals surface area (Å²) in [6.07, 6.45) is 0. The van der Waals surface area contributed by atoms with Gasteiger partial charge < -0.3 is 29.1 Å². The molecule has 0 amide bonds. The van der Waals surface area contributed by atoms with Gasteiger partial charge in [0, 0.05) is 11.6 Å². The third-order valence-electron chi connectivity index (χ3n) is 4.30. The number of ether oxygens (including phenoxy) is 4. The molecule has 1 aromatic heterocycles. The van der Waals surface area contributed by atoms with Crippen LogP contribution in [0.15, 0.2) is 38.9 Å². The van der Waals surface area contributed by atoms with E-state index in [9.17, 15) is 10.1 Å². The summed E-state index contributed by atoms with van der Waals surface area (Å²) in [5.41, 5.74) is 6.07. The highest BCUT2D eigenvalue weighted by Crippen LogP contribution is 2.48. The molecular weight excluding hydrogens is 352 g/mol. The highest BCUT2D eigenvalue weighted by atomic mass is 16.5. The highest BCUT2D eigenvalue weighted by Gasteiger charge is 2.37. The molecule has 1 aliphatic heterocycles. The van der Waals surface area contributed by atoms with Gasteiger partial charge in [-0.15, -0.1) is 0 Å². The Balaban J connectivity index is 2.37. The first-order valence-corrected chi connectivity index (χ1v) is 7.97. The number of benzene rings is 1. The van der Waals surface area contributed by atoms with Crippen molar-refractivity contribution in [2.24, 2.45) is 5.73 Å². The molecule has 2 heterocycles. The zero-order chi connectivity index (χ0) is 19.7. The minimum absolute atomic E-state index is 0.0733. The summed E-state index contributed by atoms with van der Waals surface area (Å²) in [5.74, 6) is 0.763. The summed E-state index contributed by atoms with van der Waals surface area (Å²) in [5, 5.41) is 9.66. The van der Waals surface area contributed by atoms with Crippen molar-refractivity contribution in [1.82, 2.24) is 0 Å². The van der Waals surface area contributed by atoms with Crippen molar-refractivity contribution in [2.45, 2.75) is 12.8 Å². The lowest BCUT2D eigenvalue weighted by Gasteiger charge is -2.27. The molecule has 0 fully saturated rings. The van der Waals surface area contributed by atoms with Gasteiger partial charge in [-0.1, -0.05) is 6.07 Å². The Morgan fingerprint density at radius 1 is 1.15 bits per heavy atom. The van der Waals surface area contributed by atoms with E-state index in [0.29, 0.717) is 28.6 Å². The summed E-state index contributed by atoms with van der Waals surface area (Å²) in [6, 6.07) is 6.92. The quantitative estimate of drug-likeness (QED) is 0.870. The molecule has 2 aromatic rings. The van der Waals surface area contributed by atoms with E-state index >= 15 is 0 Å². The van der Waals surface area contributed by atoms with Gasteiger partial charge in [-0.3, -0.25) is 0 Å². The molecule has 140 valence electrons. The predicted molar refractivity (Wildman–Crippen MR) is 95.1 cm³/mol. The lowest BCUT2D eigenvalue weighted by Crippen LogP contribution is -2.26. The molecule has 0 unspecified atom stereocenters. The fourth-order valence-corrected chi connectivity index (χ4v) is 3.18. The van der Waals surface area contributed by atoms with Crippen molar-refractivity contribution in [1.29, 1.82) is 5.26 Å².